The zero-order valence-electron chi connectivity index (χ0n) is 16.9. The van der Waals surface area contributed by atoms with Crippen molar-refractivity contribution < 1.29 is 8.78 Å². The van der Waals surface area contributed by atoms with E-state index in [4.69, 9.17) is 0 Å². The maximum absolute atomic E-state index is 13.3. The monoisotopic (exact) mass is 398 g/mol. The van der Waals surface area contributed by atoms with Crippen LogP contribution in [0.2, 0.25) is 0 Å². The van der Waals surface area contributed by atoms with E-state index in [1.54, 1.807) is 0 Å². The molecule has 2 aliphatic heterocycles. The standard InChI is InChI=1S/C23H28F2N4/c1-17-3-5-18(6-4-17)19-7-11-28(12-8-19)21-9-13-29(14-10-21)22(27-26-2)15-20-16-23(20,24)25/h3-6,9-10,13,19-20H,2,7-8,11-12,14-16H2,1H3/b27-22-. The van der Waals surface area contributed by atoms with E-state index in [1.165, 1.54) is 16.8 Å². The van der Waals surface area contributed by atoms with Crippen LogP contribution in [-0.4, -0.2) is 47.9 Å². The van der Waals surface area contributed by atoms with Gasteiger partial charge in [0.05, 0.1) is 0 Å². The minimum Gasteiger partial charge on any atom is -0.372 e. The van der Waals surface area contributed by atoms with Crippen LogP contribution in [0.1, 0.15) is 42.7 Å². The summed E-state index contributed by atoms with van der Waals surface area (Å²) in [6, 6.07) is 8.89. The molecule has 29 heavy (non-hydrogen) atoms. The van der Waals surface area contributed by atoms with E-state index in [0.717, 1.165) is 25.9 Å². The van der Waals surface area contributed by atoms with Crippen molar-refractivity contribution in [2.24, 2.45) is 16.1 Å². The second kappa shape index (κ2) is 8.09. The van der Waals surface area contributed by atoms with E-state index >= 15 is 0 Å². The number of alkyl halides is 2. The summed E-state index contributed by atoms with van der Waals surface area (Å²) in [5.74, 6) is -1.99. The fraction of sp³-hybridized carbons (Fsp3) is 0.478. The van der Waals surface area contributed by atoms with Crippen LogP contribution >= 0.6 is 0 Å². The van der Waals surface area contributed by atoms with Crippen LogP contribution in [0.3, 0.4) is 0 Å². The Morgan fingerprint density at radius 2 is 1.90 bits per heavy atom. The molecule has 0 N–H and O–H groups in total. The Hall–Kier alpha value is -2.50. The largest absolute Gasteiger partial charge is 0.372 e. The van der Waals surface area contributed by atoms with E-state index in [1.807, 2.05) is 11.1 Å². The summed E-state index contributed by atoms with van der Waals surface area (Å²) in [5.41, 5.74) is 3.93. The Balaban J connectivity index is 1.32. The van der Waals surface area contributed by atoms with Gasteiger partial charge in [0.25, 0.3) is 5.92 Å². The highest BCUT2D eigenvalue weighted by Gasteiger charge is 2.57. The Morgan fingerprint density at radius 3 is 2.45 bits per heavy atom. The third-order valence-corrected chi connectivity index (χ3v) is 6.23. The number of likely N-dealkylation sites (tertiary alicyclic amines) is 1. The number of piperidine rings is 1. The first-order chi connectivity index (χ1) is 14.0. The van der Waals surface area contributed by atoms with Gasteiger partial charge in [-0.25, -0.2) is 8.78 Å². The quantitative estimate of drug-likeness (QED) is 0.399. The second-order valence-corrected chi connectivity index (χ2v) is 8.29. The van der Waals surface area contributed by atoms with Crippen LogP contribution in [-0.2, 0) is 0 Å². The van der Waals surface area contributed by atoms with Gasteiger partial charge in [-0.15, -0.1) is 5.10 Å². The van der Waals surface area contributed by atoms with Crippen LogP contribution in [0.25, 0.3) is 0 Å². The molecule has 0 aromatic heterocycles. The summed E-state index contributed by atoms with van der Waals surface area (Å²) in [6.07, 6.45) is 8.60. The van der Waals surface area contributed by atoms with E-state index in [2.05, 4.69) is 65.2 Å². The average Bonchev–Trinajstić information content (AvgIpc) is 3.34. The first-order valence-electron chi connectivity index (χ1n) is 10.3. The Kier molecular flexibility index (Phi) is 5.52. The maximum Gasteiger partial charge on any atom is 0.252 e. The maximum atomic E-state index is 13.3. The Morgan fingerprint density at radius 1 is 1.21 bits per heavy atom. The van der Waals surface area contributed by atoms with E-state index < -0.39 is 11.8 Å². The van der Waals surface area contributed by atoms with E-state index in [9.17, 15) is 8.78 Å². The molecular weight excluding hydrogens is 370 g/mol. The molecule has 1 atom stereocenters. The predicted octanol–water partition coefficient (Wildman–Crippen LogP) is 4.95. The number of amidine groups is 1. The molecule has 154 valence electrons. The summed E-state index contributed by atoms with van der Waals surface area (Å²) in [6.45, 7) is 8.18. The fourth-order valence-corrected chi connectivity index (χ4v) is 4.23. The molecule has 1 aliphatic carbocycles. The lowest BCUT2D eigenvalue weighted by atomic mass is 9.89. The number of rotatable bonds is 5. The summed E-state index contributed by atoms with van der Waals surface area (Å²) < 4.78 is 26.6. The lowest BCUT2D eigenvalue weighted by molar-refractivity contribution is 0.0998. The zero-order valence-corrected chi connectivity index (χ0v) is 16.9. The SMILES string of the molecule is C=N/N=C(/CC1CC1(F)F)N1C=CC(N2CCC(c3ccc(C)cc3)CC2)=CC1. The number of allylic oxidation sites excluding steroid dienone is 1. The second-order valence-electron chi connectivity index (χ2n) is 8.29. The van der Waals surface area contributed by atoms with Gasteiger partial charge in [0, 0.05) is 57.0 Å². The topological polar surface area (TPSA) is 31.2 Å². The van der Waals surface area contributed by atoms with Crippen molar-refractivity contribution in [3.05, 3.63) is 59.4 Å². The third-order valence-electron chi connectivity index (χ3n) is 6.23. The molecule has 0 radical (unpaired) electrons. The number of hydrogen-bond donors (Lipinski definition) is 0. The number of halogens is 2. The average molecular weight is 399 g/mol. The van der Waals surface area contributed by atoms with Gasteiger partial charge in [0.15, 0.2) is 0 Å². The minimum absolute atomic E-state index is 0.0578. The van der Waals surface area contributed by atoms with Crippen molar-refractivity contribution in [1.29, 1.82) is 0 Å². The summed E-state index contributed by atoms with van der Waals surface area (Å²) in [4.78, 5) is 4.31. The first-order valence-corrected chi connectivity index (χ1v) is 10.3. The molecule has 4 nitrogen and oxygen atoms in total. The van der Waals surface area contributed by atoms with Gasteiger partial charge in [-0.3, -0.25) is 0 Å². The van der Waals surface area contributed by atoms with Crippen molar-refractivity contribution >= 4 is 12.6 Å². The van der Waals surface area contributed by atoms with Gasteiger partial charge in [0.2, 0.25) is 0 Å². The van der Waals surface area contributed by atoms with E-state index in [-0.39, 0.29) is 12.8 Å². The molecule has 6 heteroatoms. The molecular formula is C23H28F2N4. The Labute approximate surface area is 171 Å². The Bertz CT molecular complexity index is 833. The van der Waals surface area contributed by atoms with Gasteiger partial charge in [-0.2, -0.15) is 5.10 Å². The summed E-state index contributed by atoms with van der Waals surface area (Å²) >= 11 is 0. The molecule has 2 fully saturated rings. The van der Waals surface area contributed by atoms with Crippen molar-refractivity contribution in [2.45, 2.75) is 44.4 Å². The van der Waals surface area contributed by atoms with Crippen LogP contribution in [0.4, 0.5) is 8.78 Å². The van der Waals surface area contributed by atoms with E-state index in [0.29, 0.717) is 18.3 Å². The predicted molar refractivity (Wildman–Crippen MR) is 113 cm³/mol. The minimum atomic E-state index is -2.55. The summed E-state index contributed by atoms with van der Waals surface area (Å²) in [5, 5.41) is 7.59. The highest BCUT2D eigenvalue weighted by Crippen LogP contribution is 2.51. The molecule has 4 rings (SSSR count). The third kappa shape index (κ3) is 4.57. The van der Waals surface area contributed by atoms with Crippen LogP contribution in [0.5, 0.6) is 0 Å². The van der Waals surface area contributed by atoms with Gasteiger partial charge in [-0.1, -0.05) is 29.8 Å². The van der Waals surface area contributed by atoms with Crippen LogP contribution < -0.4 is 0 Å². The van der Waals surface area contributed by atoms with Gasteiger partial charge in [-0.05, 0) is 43.4 Å². The molecule has 1 aromatic carbocycles. The highest BCUT2D eigenvalue weighted by atomic mass is 19.3. The molecule has 0 bridgehead atoms. The number of aryl methyl sites for hydroxylation is 1. The normalized spacial score (nSPS) is 24.4. The van der Waals surface area contributed by atoms with Gasteiger partial charge >= 0.3 is 0 Å². The first kappa shape index (κ1) is 19.8. The van der Waals surface area contributed by atoms with Crippen molar-refractivity contribution in [3.8, 4) is 0 Å². The molecule has 3 aliphatic rings. The highest BCUT2D eigenvalue weighted by molar-refractivity contribution is 5.84. The molecule has 0 amide bonds. The van der Waals surface area contributed by atoms with Crippen molar-refractivity contribution in [3.63, 3.8) is 0 Å². The van der Waals surface area contributed by atoms with Crippen molar-refractivity contribution in [2.75, 3.05) is 19.6 Å². The number of benzene rings is 1. The lowest BCUT2D eigenvalue weighted by Gasteiger charge is -2.36. The molecule has 1 saturated heterocycles. The summed E-state index contributed by atoms with van der Waals surface area (Å²) in [7, 11) is 0. The number of hydrogen-bond acceptors (Lipinski definition) is 3. The molecule has 2 heterocycles. The number of nitrogens with zero attached hydrogens (tertiary/aromatic N) is 4. The molecule has 1 saturated carbocycles. The van der Waals surface area contributed by atoms with Crippen LogP contribution in [0, 0.1) is 12.8 Å². The molecule has 0 spiro atoms. The lowest BCUT2D eigenvalue weighted by Crippen LogP contribution is -2.35. The smallest absolute Gasteiger partial charge is 0.252 e. The van der Waals surface area contributed by atoms with Crippen molar-refractivity contribution in [1.82, 2.24) is 9.80 Å². The molecule has 1 unspecified atom stereocenters. The van der Waals surface area contributed by atoms with Gasteiger partial charge in [0.1, 0.15) is 5.84 Å². The van der Waals surface area contributed by atoms with Crippen LogP contribution in [0.15, 0.2) is 58.5 Å². The molecule has 1 aromatic rings. The van der Waals surface area contributed by atoms with Gasteiger partial charge < -0.3 is 9.80 Å². The fourth-order valence-electron chi connectivity index (χ4n) is 4.23. The zero-order chi connectivity index (χ0) is 20.4.